The predicted molar refractivity (Wildman–Crippen MR) is 186 cm³/mol. The Morgan fingerprint density at radius 2 is 1.20 bits per heavy atom. The van der Waals surface area contributed by atoms with Crippen LogP contribution in [-0.2, 0) is 0 Å². The highest BCUT2D eigenvalue weighted by molar-refractivity contribution is 6.22. The van der Waals surface area contributed by atoms with Crippen LogP contribution in [0.5, 0.6) is 0 Å². The van der Waals surface area contributed by atoms with Gasteiger partial charge in [-0.3, -0.25) is 0 Å². The highest BCUT2D eigenvalue weighted by atomic mass is 16.3. The summed E-state index contributed by atoms with van der Waals surface area (Å²) in [5.41, 5.74) is 2.36. The lowest BCUT2D eigenvalue weighted by Gasteiger charge is -2.27. The molecule has 2 heteroatoms. The van der Waals surface area contributed by atoms with Gasteiger partial charge in [-0.15, -0.1) is 0 Å². The third kappa shape index (κ3) is 3.89. The number of para-hydroxylation sites is 1. The molecule has 0 saturated carbocycles. The summed E-state index contributed by atoms with van der Waals surface area (Å²) in [6, 6.07) is 33.9. The fourth-order valence-electron chi connectivity index (χ4n) is 6.14. The molecule has 0 aliphatic carbocycles. The van der Waals surface area contributed by atoms with Crippen LogP contribution >= 0.6 is 0 Å². The maximum Gasteiger partial charge on any atom is 0.143 e. The molecule has 0 aliphatic rings. The van der Waals surface area contributed by atoms with Crippen LogP contribution in [0.1, 0.15) is 11.0 Å². The van der Waals surface area contributed by atoms with E-state index in [9.17, 15) is 5.48 Å². The first-order valence-electron chi connectivity index (χ1n) is 18.4. The number of nitrogens with zero attached hydrogens (tertiary/aromatic N) is 1. The van der Waals surface area contributed by atoms with E-state index in [1.165, 1.54) is 0 Å². The van der Waals surface area contributed by atoms with Gasteiger partial charge in [0.05, 0.1) is 16.7 Å². The summed E-state index contributed by atoms with van der Waals surface area (Å²) >= 11 is 0. The van der Waals surface area contributed by atoms with Crippen molar-refractivity contribution >= 4 is 71.3 Å². The Hall–Kier alpha value is -5.86. The average molecular weight is 570 g/mol. The van der Waals surface area contributed by atoms with Gasteiger partial charge >= 0.3 is 0 Å². The van der Waals surface area contributed by atoms with Crippen molar-refractivity contribution in [3.8, 4) is 11.1 Å². The fourth-order valence-corrected chi connectivity index (χ4v) is 6.14. The molecule has 9 rings (SSSR count). The van der Waals surface area contributed by atoms with Crippen LogP contribution in [0.15, 0.2) is 168 Å². The zero-order chi connectivity index (χ0) is 36.0. The largest absolute Gasteiger partial charge is 0.455 e. The van der Waals surface area contributed by atoms with Crippen molar-refractivity contribution in [2.75, 3.05) is 4.90 Å². The minimum Gasteiger partial charge on any atom is -0.455 e. The SMILES string of the molecule is [2H]c1c([2H])c(-c2ccc3ccccc3c2)c2c(oc3c4c([2H])c([2H])c([2H])c([2H])c4c(N(c4ccccc4)c4ccc5ccccc5c4)c([2H])c32)c1[2H]. The van der Waals surface area contributed by atoms with Gasteiger partial charge in [0.25, 0.3) is 0 Å². The second-order valence-electron chi connectivity index (χ2n) is 10.7. The van der Waals surface area contributed by atoms with E-state index in [-0.39, 0.29) is 74.7 Å². The molecule has 0 fully saturated rings. The van der Waals surface area contributed by atoms with Crippen LogP contribution in [0.4, 0.5) is 17.1 Å². The van der Waals surface area contributed by atoms with Gasteiger partial charge in [-0.1, -0.05) is 121 Å². The molecule has 0 radical (unpaired) electrons. The first-order chi connectivity index (χ1) is 25.2. The van der Waals surface area contributed by atoms with Crippen molar-refractivity contribution in [3.63, 3.8) is 0 Å². The van der Waals surface area contributed by atoms with Crippen molar-refractivity contribution < 1.29 is 15.4 Å². The molecule has 0 unspecified atom stereocenters. The van der Waals surface area contributed by atoms with E-state index in [4.69, 9.17) is 9.90 Å². The minimum atomic E-state index is -0.469. The van der Waals surface area contributed by atoms with Crippen LogP contribution < -0.4 is 4.90 Å². The summed E-state index contributed by atoms with van der Waals surface area (Å²) in [5.74, 6) is 0. The molecule has 8 aromatic carbocycles. The van der Waals surface area contributed by atoms with Gasteiger partial charge in [-0.2, -0.15) is 0 Å². The Balaban J connectivity index is 1.52. The normalized spacial score (nSPS) is 14.2. The molecule has 0 amide bonds. The van der Waals surface area contributed by atoms with Gasteiger partial charge < -0.3 is 9.32 Å². The minimum absolute atomic E-state index is 0.00203. The molecule has 0 N–H and O–H groups in total. The quantitative estimate of drug-likeness (QED) is 0.210. The fraction of sp³-hybridized carbons (Fsp3) is 0. The number of anilines is 3. The van der Waals surface area contributed by atoms with Crippen LogP contribution in [0.25, 0.3) is 65.4 Å². The Bertz CT molecular complexity index is 2960. The molecule has 2 nitrogen and oxygen atoms in total. The molecule has 0 aliphatic heterocycles. The van der Waals surface area contributed by atoms with E-state index < -0.39 is 12.1 Å². The standard InChI is InChI=1S/C42H27NO/c1-2-15-33(16-3-1)43(34-24-23-29-12-5-7-14-31(29)26-34)39-27-38-41-35(32-22-21-28-11-4-6-13-30(28)25-32)19-10-20-40(41)44-42(38)37-18-9-8-17-36(37)39/h1-27H/i8D,9D,10D,17D,18D,19D,20D,27D. The summed E-state index contributed by atoms with van der Waals surface area (Å²) in [6.07, 6.45) is 0. The number of hydrogen-bond acceptors (Lipinski definition) is 2. The van der Waals surface area contributed by atoms with Crippen molar-refractivity contribution in [1.29, 1.82) is 0 Å². The van der Waals surface area contributed by atoms with Crippen molar-refractivity contribution in [2.45, 2.75) is 0 Å². The average Bonchev–Trinajstić information content (AvgIpc) is 3.57. The number of rotatable bonds is 4. The summed E-state index contributed by atoms with van der Waals surface area (Å²) in [7, 11) is 0. The first kappa shape index (κ1) is 17.9. The van der Waals surface area contributed by atoms with Crippen LogP contribution in [0, 0.1) is 0 Å². The molecule has 206 valence electrons. The van der Waals surface area contributed by atoms with Crippen molar-refractivity contribution in [3.05, 3.63) is 164 Å². The summed E-state index contributed by atoms with van der Waals surface area (Å²) < 4.78 is 79.3. The molecule has 0 saturated heterocycles. The number of fused-ring (bicyclic) bond motifs is 7. The van der Waals surface area contributed by atoms with E-state index in [2.05, 4.69) is 0 Å². The van der Waals surface area contributed by atoms with Gasteiger partial charge in [-0.25, -0.2) is 0 Å². The molecule has 1 heterocycles. The zero-order valence-electron chi connectivity index (χ0n) is 31.3. The first-order valence-corrected chi connectivity index (χ1v) is 14.4. The molecule has 9 aromatic rings. The third-order valence-corrected chi connectivity index (χ3v) is 8.18. The van der Waals surface area contributed by atoms with Crippen LogP contribution in [0.3, 0.4) is 0 Å². The molecule has 0 bridgehead atoms. The Labute approximate surface area is 266 Å². The van der Waals surface area contributed by atoms with Crippen molar-refractivity contribution in [1.82, 2.24) is 0 Å². The van der Waals surface area contributed by atoms with Crippen LogP contribution in [0.2, 0.25) is 0 Å². The number of hydrogen-bond donors (Lipinski definition) is 0. The molecule has 1 aromatic heterocycles. The molecular weight excluding hydrogens is 534 g/mol. The van der Waals surface area contributed by atoms with Gasteiger partial charge in [0, 0.05) is 32.9 Å². The lowest BCUT2D eigenvalue weighted by molar-refractivity contribution is 0.673. The van der Waals surface area contributed by atoms with E-state index >= 15 is 0 Å². The highest BCUT2D eigenvalue weighted by Crippen LogP contribution is 2.46. The molecule has 0 spiro atoms. The molecule has 0 atom stereocenters. The smallest absolute Gasteiger partial charge is 0.143 e. The lowest BCUT2D eigenvalue weighted by atomic mass is 9.95. The van der Waals surface area contributed by atoms with E-state index in [1.807, 2.05) is 120 Å². The molecular formula is C42H27NO. The monoisotopic (exact) mass is 569 g/mol. The highest BCUT2D eigenvalue weighted by Gasteiger charge is 2.21. The number of benzene rings is 8. The van der Waals surface area contributed by atoms with Gasteiger partial charge in [0.2, 0.25) is 0 Å². The third-order valence-electron chi connectivity index (χ3n) is 8.18. The lowest BCUT2D eigenvalue weighted by Crippen LogP contribution is -2.10. The van der Waals surface area contributed by atoms with Gasteiger partial charge in [0.1, 0.15) is 11.2 Å². The summed E-state index contributed by atoms with van der Waals surface area (Å²) in [6.45, 7) is 0. The number of furan rings is 1. The second-order valence-corrected chi connectivity index (χ2v) is 10.7. The maximum atomic E-state index is 10.1. The van der Waals surface area contributed by atoms with Crippen LogP contribution in [-0.4, -0.2) is 0 Å². The Morgan fingerprint density at radius 3 is 2.00 bits per heavy atom. The van der Waals surface area contributed by atoms with Gasteiger partial charge in [0.15, 0.2) is 0 Å². The topological polar surface area (TPSA) is 16.4 Å². The van der Waals surface area contributed by atoms with Gasteiger partial charge in [-0.05, 0) is 75.1 Å². The summed E-state index contributed by atoms with van der Waals surface area (Å²) in [4.78, 5) is 1.83. The summed E-state index contributed by atoms with van der Waals surface area (Å²) in [5, 5.41) is 4.41. The Kier molecular flexibility index (Phi) is 4.02. The molecule has 44 heavy (non-hydrogen) atoms. The zero-order valence-corrected chi connectivity index (χ0v) is 23.3. The van der Waals surface area contributed by atoms with E-state index in [1.54, 1.807) is 0 Å². The second kappa shape index (κ2) is 9.86. The Morgan fingerprint density at radius 1 is 0.523 bits per heavy atom. The predicted octanol–water partition coefficient (Wildman–Crippen LogP) is 12.2. The van der Waals surface area contributed by atoms with Crippen molar-refractivity contribution in [2.24, 2.45) is 0 Å². The van der Waals surface area contributed by atoms with E-state index in [0.717, 1.165) is 21.5 Å². The van der Waals surface area contributed by atoms with E-state index in [0.29, 0.717) is 22.5 Å². The maximum absolute atomic E-state index is 10.1.